The van der Waals surface area contributed by atoms with E-state index in [4.69, 9.17) is 28.8 Å². The molecular weight excluding hydrogens is 259 g/mol. The van der Waals surface area contributed by atoms with Crippen LogP contribution in [0.15, 0.2) is 9.79 Å². The van der Waals surface area contributed by atoms with E-state index in [0.29, 0.717) is 0 Å². The van der Waals surface area contributed by atoms with Crippen molar-refractivity contribution in [3.05, 3.63) is 21.2 Å². The molecule has 7 N–H and O–H groups in total. The molecule has 0 unspecified atom stereocenters. The van der Waals surface area contributed by atoms with Gasteiger partial charge in [-0.3, -0.25) is 9.59 Å². The lowest BCUT2D eigenvalue weighted by atomic mass is 10.4. The number of H-pyrrole nitrogens is 1. The molecule has 0 atom stereocenters. The van der Waals surface area contributed by atoms with Gasteiger partial charge < -0.3 is 22.2 Å². The van der Waals surface area contributed by atoms with Gasteiger partial charge in [-0.25, -0.2) is 4.98 Å². The fourth-order valence-corrected chi connectivity index (χ4v) is 0.907. The minimum Gasteiger partial charge on any atom is -0.383 e. The standard InChI is InChI=1S/C6H7ClN6O2.ClH/c7-2-5(15)12-3(8)1(11-2)4(14)13-6(9)10;/h(H3,8,12,15)(H4,9,10,13,14);1H. The van der Waals surface area contributed by atoms with E-state index < -0.39 is 22.6 Å². The zero-order valence-corrected chi connectivity index (χ0v) is 9.30. The number of aromatic amines is 1. The van der Waals surface area contributed by atoms with E-state index in [2.05, 4.69) is 15.0 Å². The SMILES string of the molecule is Cl.NC(N)=NC(=O)c1nc(Cl)c(=O)[nH]c1N. The van der Waals surface area contributed by atoms with Gasteiger partial charge >= 0.3 is 5.91 Å². The van der Waals surface area contributed by atoms with Crippen molar-refractivity contribution in [2.75, 3.05) is 5.73 Å². The second kappa shape index (κ2) is 5.33. The number of hydrogen-bond acceptors (Lipinski definition) is 4. The van der Waals surface area contributed by atoms with Crippen molar-refractivity contribution in [3.8, 4) is 0 Å². The molecule has 0 radical (unpaired) electrons. The van der Waals surface area contributed by atoms with Crippen LogP contribution >= 0.6 is 24.0 Å². The highest BCUT2D eigenvalue weighted by Gasteiger charge is 2.14. The number of nitrogen functional groups attached to an aromatic ring is 1. The lowest BCUT2D eigenvalue weighted by molar-refractivity contribution is 0.0998. The highest BCUT2D eigenvalue weighted by Crippen LogP contribution is 2.07. The highest BCUT2D eigenvalue weighted by atomic mass is 35.5. The van der Waals surface area contributed by atoms with Gasteiger partial charge in [-0.2, -0.15) is 4.99 Å². The summed E-state index contributed by atoms with van der Waals surface area (Å²) < 4.78 is 0. The number of hydrogen-bond donors (Lipinski definition) is 4. The third-order valence-corrected chi connectivity index (χ3v) is 1.59. The fraction of sp³-hybridized carbons (Fsp3) is 0. The summed E-state index contributed by atoms with van der Waals surface area (Å²) in [6, 6.07) is 0. The molecule has 0 bridgehead atoms. The van der Waals surface area contributed by atoms with Crippen LogP contribution in [0, 0.1) is 0 Å². The molecule has 0 saturated carbocycles. The fourth-order valence-electron chi connectivity index (χ4n) is 0.775. The van der Waals surface area contributed by atoms with Crippen molar-refractivity contribution in [2.24, 2.45) is 16.5 Å². The number of nitrogens with two attached hydrogens (primary N) is 3. The summed E-state index contributed by atoms with van der Waals surface area (Å²) in [5, 5.41) is -0.418. The van der Waals surface area contributed by atoms with Gasteiger partial charge in [0.1, 0.15) is 5.82 Å². The van der Waals surface area contributed by atoms with Crippen LogP contribution in [-0.2, 0) is 0 Å². The number of nitrogens with zero attached hydrogens (tertiary/aromatic N) is 2. The molecule has 0 aliphatic heterocycles. The maximum absolute atomic E-state index is 11.3. The van der Waals surface area contributed by atoms with E-state index in [1.165, 1.54) is 0 Å². The number of rotatable bonds is 1. The minimum absolute atomic E-state index is 0. The van der Waals surface area contributed by atoms with Crippen LogP contribution in [0.25, 0.3) is 0 Å². The first-order valence-corrected chi connectivity index (χ1v) is 3.99. The average molecular weight is 267 g/mol. The Labute approximate surface area is 100 Å². The van der Waals surface area contributed by atoms with Gasteiger partial charge in [-0.05, 0) is 0 Å². The van der Waals surface area contributed by atoms with Crippen LogP contribution in [0.3, 0.4) is 0 Å². The summed E-state index contributed by atoms with van der Waals surface area (Å²) in [6.45, 7) is 0. The Morgan fingerprint density at radius 3 is 2.50 bits per heavy atom. The smallest absolute Gasteiger partial charge is 0.302 e. The van der Waals surface area contributed by atoms with Crippen LogP contribution < -0.4 is 22.8 Å². The number of aromatic nitrogens is 2. The van der Waals surface area contributed by atoms with Crippen LogP contribution in [0.2, 0.25) is 5.15 Å². The minimum atomic E-state index is -0.884. The van der Waals surface area contributed by atoms with Crippen molar-refractivity contribution in [1.29, 1.82) is 0 Å². The average Bonchev–Trinajstić information content (AvgIpc) is 2.09. The Kier molecular flexibility index (Phi) is 4.73. The second-order valence-electron chi connectivity index (χ2n) is 2.46. The number of guanidine groups is 1. The van der Waals surface area contributed by atoms with Crippen molar-refractivity contribution in [1.82, 2.24) is 9.97 Å². The zero-order chi connectivity index (χ0) is 11.6. The zero-order valence-electron chi connectivity index (χ0n) is 7.73. The van der Waals surface area contributed by atoms with Gasteiger partial charge in [0.2, 0.25) is 0 Å². The number of amides is 1. The first kappa shape index (κ1) is 14.2. The molecule has 1 rings (SSSR count). The third kappa shape index (κ3) is 3.11. The number of anilines is 1. The maximum atomic E-state index is 11.3. The Hall–Kier alpha value is -1.80. The largest absolute Gasteiger partial charge is 0.383 e. The van der Waals surface area contributed by atoms with Gasteiger partial charge in [0.15, 0.2) is 16.8 Å². The first-order chi connectivity index (χ1) is 6.91. The lowest BCUT2D eigenvalue weighted by Crippen LogP contribution is -2.25. The molecule has 1 heterocycles. The van der Waals surface area contributed by atoms with Gasteiger partial charge in [0, 0.05) is 0 Å². The van der Waals surface area contributed by atoms with Gasteiger partial charge in [-0.15, -0.1) is 12.4 Å². The molecule has 16 heavy (non-hydrogen) atoms. The molecule has 0 fully saturated rings. The Morgan fingerprint density at radius 2 is 2.00 bits per heavy atom. The topological polar surface area (TPSA) is 153 Å². The van der Waals surface area contributed by atoms with Gasteiger partial charge in [0.05, 0.1) is 0 Å². The maximum Gasteiger partial charge on any atom is 0.302 e. The highest BCUT2D eigenvalue weighted by molar-refractivity contribution is 6.29. The van der Waals surface area contributed by atoms with E-state index >= 15 is 0 Å². The third-order valence-electron chi connectivity index (χ3n) is 1.33. The van der Waals surface area contributed by atoms with E-state index in [-0.39, 0.29) is 23.9 Å². The Balaban J connectivity index is 0.00000225. The molecule has 1 amide bonds. The summed E-state index contributed by atoms with van der Waals surface area (Å²) in [7, 11) is 0. The summed E-state index contributed by atoms with van der Waals surface area (Å²) in [5.74, 6) is -1.58. The van der Waals surface area contributed by atoms with Gasteiger partial charge in [-0.1, -0.05) is 11.6 Å². The van der Waals surface area contributed by atoms with Crippen molar-refractivity contribution < 1.29 is 4.79 Å². The van der Waals surface area contributed by atoms with Crippen molar-refractivity contribution >= 4 is 41.7 Å². The predicted octanol–water partition coefficient (Wildman–Crippen LogP) is -1.16. The number of carbonyl (C=O) groups is 1. The number of halogens is 2. The predicted molar refractivity (Wildman–Crippen MR) is 61.7 cm³/mol. The van der Waals surface area contributed by atoms with Crippen LogP contribution in [0.1, 0.15) is 10.5 Å². The number of aliphatic imine (C=N–C) groups is 1. The molecule has 8 nitrogen and oxygen atoms in total. The molecule has 0 saturated heterocycles. The first-order valence-electron chi connectivity index (χ1n) is 3.61. The van der Waals surface area contributed by atoms with E-state index in [1.807, 2.05) is 0 Å². The van der Waals surface area contributed by atoms with Crippen LogP contribution in [-0.4, -0.2) is 21.8 Å². The molecule has 0 aliphatic carbocycles. The summed E-state index contributed by atoms with van der Waals surface area (Å²) in [6.07, 6.45) is 0. The Morgan fingerprint density at radius 1 is 1.44 bits per heavy atom. The van der Waals surface area contributed by atoms with Crippen LogP contribution in [0.4, 0.5) is 5.82 Å². The monoisotopic (exact) mass is 266 g/mol. The Bertz CT molecular complexity index is 492. The van der Waals surface area contributed by atoms with Crippen molar-refractivity contribution in [3.63, 3.8) is 0 Å². The van der Waals surface area contributed by atoms with E-state index in [1.54, 1.807) is 0 Å². The second-order valence-corrected chi connectivity index (χ2v) is 2.82. The quantitative estimate of drug-likeness (QED) is 0.371. The molecule has 10 heteroatoms. The van der Waals surface area contributed by atoms with E-state index in [0.717, 1.165) is 0 Å². The molecule has 1 aromatic heterocycles. The summed E-state index contributed by atoms with van der Waals surface area (Å²) in [5.41, 5.74) is 14.3. The lowest BCUT2D eigenvalue weighted by Gasteiger charge is -2.00. The molecule has 0 aromatic carbocycles. The number of carbonyl (C=O) groups excluding carboxylic acids is 1. The number of nitrogens with one attached hydrogen (secondary N) is 1. The van der Waals surface area contributed by atoms with Crippen LogP contribution in [0.5, 0.6) is 0 Å². The summed E-state index contributed by atoms with van der Waals surface area (Å²) >= 11 is 5.39. The molecule has 0 spiro atoms. The normalized spacial score (nSPS) is 9.06. The molecule has 0 aliphatic rings. The van der Waals surface area contributed by atoms with Crippen molar-refractivity contribution in [2.45, 2.75) is 0 Å². The molecule has 88 valence electrons. The summed E-state index contributed by atoms with van der Waals surface area (Å²) in [4.78, 5) is 30.9. The van der Waals surface area contributed by atoms with Gasteiger partial charge in [0.25, 0.3) is 5.56 Å². The van der Waals surface area contributed by atoms with E-state index in [9.17, 15) is 9.59 Å². The molecule has 1 aromatic rings. The molecular formula is C6H8Cl2N6O2.